The fourth-order valence-electron chi connectivity index (χ4n) is 0.560. The van der Waals surface area contributed by atoms with Gasteiger partial charge in [0.25, 0.3) is 0 Å². The third-order valence-corrected chi connectivity index (χ3v) is 1.04. The molecule has 56 valence electrons. The molecule has 0 aromatic heterocycles. The Bertz CT molecular complexity index is 123. The Balaban J connectivity index is 3.17. The molecule has 0 atom stereocenters. The fourth-order valence-corrected chi connectivity index (χ4v) is 0.560. The van der Waals surface area contributed by atoms with Crippen LogP contribution in [0.5, 0.6) is 0 Å². The highest BCUT2D eigenvalue weighted by Crippen LogP contribution is 1.88. The van der Waals surface area contributed by atoms with E-state index in [2.05, 4.69) is 24.8 Å². The lowest BCUT2D eigenvalue weighted by Crippen LogP contribution is -1.91. The lowest BCUT2D eigenvalue weighted by molar-refractivity contribution is 1.22. The van der Waals surface area contributed by atoms with Crippen LogP contribution in [0, 0.1) is 0 Å². The van der Waals surface area contributed by atoms with Crippen LogP contribution >= 0.6 is 0 Å². The molecule has 0 aliphatic heterocycles. The molecule has 0 fully saturated rings. The molecule has 1 heteroatoms. The highest BCUT2D eigenvalue weighted by atomic mass is 14.5. The second-order valence-corrected chi connectivity index (χ2v) is 1.94. The van der Waals surface area contributed by atoms with E-state index in [9.17, 15) is 0 Å². The van der Waals surface area contributed by atoms with E-state index in [4.69, 9.17) is 5.73 Å². The van der Waals surface area contributed by atoms with E-state index in [1.54, 1.807) is 0 Å². The molecule has 2 N–H and O–H groups in total. The fraction of sp³-hybridized carbons (Fsp3) is 0.333. The van der Waals surface area contributed by atoms with Crippen molar-refractivity contribution in [3.63, 3.8) is 0 Å². The summed E-state index contributed by atoms with van der Waals surface area (Å²) >= 11 is 0. The van der Waals surface area contributed by atoms with E-state index in [0.717, 1.165) is 12.8 Å². The van der Waals surface area contributed by atoms with Gasteiger partial charge in [0.2, 0.25) is 0 Å². The molecule has 1 nitrogen and oxygen atoms in total. The zero-order chi connectivity index (χ0) is 7.66. The van der Waals surface area contributed by atoms with Crippen LogP contribution in [0.25, 0.3) is 0 Å². The largest absolute Gasteiger partial charge is 0.327 e. The Kier molecular flexibility index (Phi) is 7.51. The lowest BCUT2D eigenvalue weighted by Gasteiger charge is -1.81. The first kappa shape index (κ1) is 9.18. The summed E-state index contributed by atoms with van der Waals surface area (Å²) in [5.74, 6) is 0. The summed E-state index contributed by atoms with van der Waals surface area (Å²) in [5.41, 5.74) is 5.24. The van der Waals surface area contributed by atoms with Gasteiger partial charge in [0.1, 0.15) is 0 Å². The van der Waals surface area contributed by atoms with Crippen molar-refractivity contribution in [3.8, 4) is 0 Å². The predicted molar refractivity (Wildman–Crippen MR) is 46.8 cm³/mol. The van der Waals surface area contributed by atoms with Crippen LogP contribution in [0.4, 0.5) is 0 Å². The summed E-state index contributed by atoms with van der Waals surface area (Å²) in [4.78, 5) is 0. The topological polar surface area (TPSA) is 26.0 Å². The molecule has 0 heterocycles. The van der Waals surface area contributed by atoms with Gasteiger partial charge in [-0.2, -0.15) is 0 Å². The number of allylic oxidation sites excluding steroid dienone is 4. The first-order valence-corrected chi connectivity index (χ1v) is 3.52. The molecule has 0 aliphatic carbocycles. The van der Waals surface area contributed by atoms with E-state index in [0.29, 0.717) is 6.54 Å². The first-order chi connectivity index (χ1) is 4.91. The minimum Gasteiger partial charge on any atom is -0.327 e. The van der Waals surface area contributed by atoms with Crippen LogP contribution < -0.4 is 5.73 Å². The zero-order valence-electron chi connectivity index (χ0n) is 6.29. The molecule has 0 aromatic carbocycles. The second kappa shape index (κ2) is 8.18. The van der Waals surface area contributed by atoms with Crippen LogP contribution in [0.3, 0.4) is 0 Å². The van der Waals surface area contributed by atoms with E-state index < -0.39 is 0 Å². The van der Waals surface area contributed by atoms with Crippen molar-refractivity contribution in [2.75, 3.05) is 6.54 Å². The lowest BCUT2D eigenvalue weighted by atomic mass is 10.3. The minimum atomic E-state index is 0.634. The van der Waals surface area contributed by atoms with Crippen molar-refractivity contribution in [1.29, 1.82) is 0 Å². The van der Waals surface area contributed by atoms with Gasteiger partial charge in [0.05, 0.1) is 0 Å². The quantitative estimate of drug-likeness (QED) is 0.576. The van der Waals surface area contributed by atoms with Crippen LogP contribution in [0.1, 0.15) is 12.8 Å². The van der Waals surface area contributed by atoms with E-state index >= 15 is 0 Å². The third kappa shape index (κ3) is 7.18. The normalized spacial score (nSPS) is 11.3. The smallest absolute Gasteiger partial charge is 0.0106 e. The van der Waals surface area contributed by atoms with Gasteiger partial charge < -0.3 is 5.73 Å². The van der Waals surface area contributed by atoms with Crippen molar-refractivity contribution in [2.24, 2.45) is 5.73 Å². The monoisotopic (exact) mass is 137 g/mol. The van der Waals surface area contributed by atoms with Crippen molar-refractivity contribution < 1.29 is 0 Å². The van der Waals surface area contributed by atoms with Gasteiger partial charge in [-0.1, -0.05) is 30.4 Å². The second-order valence-electron chi connectivity index (χ2n) is 1.94. The average molecular weight is 137 g/mol. The molecular weight excluding hydrogens is 122 g/mol. The van der Waals surface area contributed by atoms with Gasteiger partial charge in [0, 0.05) is 6.54 Å². The molecule has 0 aliphatic rings. The molecule has 0 spiro atoms. The van der Waals surface area contributed by atoms with Gasteiger partial charge in [0.15, 0.2) is 0 Å². The van der Waals surface area contributed by atoms with Crippen molar-refractivity contribution in [1.82, 2.24) is 0 Å². The van der Waals surface area contributed by atoms with E-state index in [1.165, 1.54) is 0 Å². The third-order valence-electron chi connectivity index (χ3n) is 1.04. The Hall–Kier alpha value is -0.820. The molecule has 0 rings (SSSR count). The molecule has 0 bridgehead atoms. The number of rotatable bonds is 5. The molecule has 0 saturated heterocycles. The molecule has 0 saturated carbocycles. The van der Waals surface area contributed by atoms with Crippen LogP contribution in [-0.4, -0.2) is 6.54 Å². The Labute approximate surface area is 62.9 Å². The maximum absolute atomic E-state index is 5.24. The van der Waals surface area contributed by atoms with E-state index in [1.807, 2.05) is 12.2 Å². The van der Waals surface area contributed by atoms with Crippen molar-refractivity contribution >= 4 is 0 Å². The van der Waals surface area contributed by atoms with Gasteiger partial charge in [-0.25, -0.2) is 0 Å². The molecule has 0 radical (unpaired) electrons. The van der Waals surface area contributed by atoms with Gasteiger partial charge in [-0.05, 0) is 12.8 Å². The summed E-state index contributed by atoms with van der Waals surface area (Å²) in [6, 6.07) is 0. The van der Waals surface area contributed by atoms with Gasteiger partial charge >= 0.3 is 0 Å². The Morgan fingerprint density at radius 2 is 1.60 bits per heavy atom. The molecular formula is C9H15N. The minimum absolute atomic E-state index is 0.634. The highest BCUT2D eigenvalue weighted by molar-refractivity contribution is 4.95. The van der Waals surface area contributed by atoms with E-state index in [-0.39, 0.29) is 0 Å². The van der Waals surface area contributed by atoms with Crippen molar-refractivity contribution in [2.45, 2.75) is 12.8 Å². The number of nitrogens with two attached hydrogens (primary N) is 1. The summed E-state index contributed by atoms with van der Waals surface area (Å²) in [7, 11) is 0. The maximum atomic E-state index is 5.24. The zero-order valence-corrected chi connectivity index (χ0v) is 6.29. The SMILES string of the molecule is C=CC/C=C/C/C=C/CN. The summed E-state index contributed by atoms with van der Waals surface area (Å²) in [6.07, 6.45) is 12.0. The van der Waals surface area contributed by atoms with Crippen LogP contribution in [-0.2, 0) is 0 Å². The van der Waals surface area contributed by atoms with Gasteiger partial charge in [-0.15, -0.1) is 6.58 Å². The summed E-state index contributed by atoms with van der Waals surface area (Å²) < 4.78 is 0. The standard InChI is InChI=1S/C9H15N/c1-2-3-4-5-6-7-8-9-10/h2,4-5,7-8H,1,3,6,9-10H2/b5-4+,8-7+. The van der Waals surface area contributed by atoms with Crippen LogP contribution in [0.15, 0.2) is 37.0 Å². The molecule has 0 amide bonds. The van der Waals surface area contributed by atoms with Crippen molar-refractivity contribution in [3.05, 3.63) is 37.0 Å². The van der Waals surface area contributed by atoms with Gasteiger partial charge in [-0.3, -0.25) is 0 Å². The maximum Gasteiger partial charge on any atom is 0.0106 e. The number of hydrogen-bond donors (Lipinski definition) is 1. The molecule has 0 unspecified atom stereocenters. The Morgan fingerprint density at radius 3 is 2.20 bits per heavy atom. The molecule has 0 aromatic rings. The number of hydrogen-bond acceptors (Lipinski definition) is 1. The first-order valence-electron chi connectivity index (χ1n) is 3.52. The average Bonchev–Trinajstić information content (AvgIpc) is 1.97. The summed E-state index contributed by atoms with van der Waals surface area (Å²) in [6.45, 7) is 4.24. The predicted octanol–water partition coefficient (Wildman–Crippen LogP) is 2.02. The molecule has 10 heavy (non-hydrogen) atoms. The summed E-state index contributed by atoms with van der Waals surface area (Å²) in [5, 5.41) is 0. The Morgan fingerprint density at radius 1 is 1.00 bits per heavy atom. The van der Waals surface area contributed by atoms with Crippen LogP contribution in [0.2, 0.25) is 0 Å². The highest BCUT2D eigenvalue weighted by Gasteiger charge is 1.69.